The molecular formula is C22H23FN2O2. The van der Waals surface area contributed by atoms with Gasteiger partial charge in [-0.3, -0.25) is 9.59 Å². The van der Waals surface area contributed by atoms with Crippen molar-refractivity contribution in [3.05, 3.63) is 59.9 Å². The Morgan fingerprint density at radius 1 is 1.04 bits per heavy atom. The first-order chi connectivity index (χ1) is 13.0. The number of halogens is 1. The fourth-order valence-corrected chi connectivity index (χ4v) is 4.37. The molecule has 5 heteroatoms. The zero-order chi connectivity index (χ0) is 19.0. The van der Waals surface area contributed by atoms with Crippen LogP contribution in [-0.2, 0) is 4.79 Å². The number of hydrogen-bond acceptors (Lipinski definition) is 2. The molecule has 0 saturated carbocycles. The molecule has 2 amide bonds. The molecule has 1 atom stereocenters. The summed E-state index contributed by atoms with van der Waals surface area (Å²) < 4.78 is 13.5. The lowest BCUT2D eigenvalue weighted by Gasteiger charge is -2.37. The number of piperidine rings is 1. The van der Waals surface area contributed by atoms with Crippen LogP contribution in [0, 0.1) is 11.2 Å². The number of nitrogens with zero attached hydrogens (tertiary/aromatic N) is 2. The standard InChI is InChI=1S/C22H23FN2O2/c1-24-11-4-9-22(21(24)27)10-12-25(15-22)20(26)18-7-2-5-16(13-18)17-6-3-8-19(23)14-17/h2-3,5-8,13-14H,4,9-12,15H2,1H3/t22-/m1/s1. The molecule has 27 heavy (non-hydrogen) atoms. The summed E-state index contributed by atoms with van der Waals surface area (Å²) in [7, 11) is 1.84. The average Bonchev–Trinajstić information content (AvgIpc) is 3.11. The van der Waals surface area contributed by atoms with Crippen LogP contribution in [0.2, 0.25) is 0 Å². The van der Waals surface area contributed by atoms with Gasteiger partial charge in [-0.1, -0.05) is 24.3 Å². The van der Waals surface area contributed by atoms with Crippen LogP contribution in [0.25, 0.3) is 11.1 Å². The topological polar surface area (TPSA) is 40.6 Å². The third kappa shape index (κ3) is 3.22. The Morgan fingerprint density at radius 2 is 1.78 bits per heavy atom. The zero-order valence-corrected chi connectivity index (χ0v) is 15.5. The number of amides is 2. The van der Waals surface area contributed by atoms with E-state index in [1.807, 2.05) is 25.2 Å². The van der Waals surface area contributed by atoms with Crippen LogP contribution in [0.5, 0.6) is 0 Å². The molecule has 2 aliphatic rings. The predicted octanol–water partition coefficient (Wildman–Crippen LogP) is 3.58. The number of benzene rings is 2. The average molecular weight is 366 g/mol. The van der Waals surface area contributed by atoms with Gasteiger partial charge >= 0.3 is 0 Å². The largest absolute Gasteiger partial charge is 0.345 e. The molecule has 0 radical (unpaired) electrons. The lowest BCUT2D eigenvalue weighted by atomic mass is 9.78. The molecule has 0 aliphatic carbocycles. The van der Waals surface area contributed by atoms with Crippen molar-refractivity contribution in [3.63, 3.8) is 0 Å². The van der Waals surface area contributed by atoms with Crippen molar-refractivity contribution in [1.29, 1.82) is 0 Å². The third-order valence-corrected chi connectivity index (χ3v) is 5.86. The molecule has 140 valence electrons. The summed E-state index contributed by atoms with van der Waals surface area (Å²) in [6.45, 7) is 1.88. The summed E-state index contributed by atoms with van der Waals surface area (Å²) in [5, 5.41) is 0. The van der Waals surface area contributed by atoms with E-state index in [4.69, 9.17) is 0 Å². The van der Waals surface area contributed by atoms with E-state index >= 15 is 0 Å². The van der Waals surface area contributed by atoms with Gasteiger partial charge in [-0.2, -0.15) is 0 Å². The molecule has 1 spiro atoms. The van der Waals surface area contributed by atoms with E-state index in [0.29, 0.717) is 18.7 Å². The summed E-state index contributed by atoms with van der Waals surface area (Å²) in [4.78, 5) is 29.3. The van der Waals surface area contributed by atoms with E-state index in [1.165, 1.54) is 12.1 Å². The number of rotatable bonds is 2. The molecule has 2 aromatic carbocycles. The Morgan fingerprint density at radius 3 is 2.56 bits per heavy atom. The van der Waals surface area contributed by atoms with Gasteiger partial charge in [0, 0.05) is 32.2 Å². The minimum absolute atomic E-state index is 0.0637. The summed E-state index contributed by atoms with van der Waals surface area (Å²) in [5.74, 6) is -0.200. The van der Waals surface area contributed by atoms with Crippen molar-refractivity contribution in [1.82, 2.24) is 9.80 Å². The molecule has 0 N–H and O–H groups in total. The van der Waals surface area contributed by atoms with Crippen molar-refractivity contribution < 1.29 is 14.0 Å². The van der Waals surface area contributed by atoms with Crippen LogP contribution in [0.15, 0.2) is 48.5 Å². The molecule has 4 nitrogen and oxygen atoms in total. The highest BCUT2D eigenvalue weighted by Gasteiger charge is 2.48. The van der Waals surface area contributed by atoms with E-state index in [-0.39, 0.29) is 17.6 Å². The first-order valence-corrected chi connectivity index (χ1v) is 9.39. The Labute approximate surface area is 158 Å². The van der Waals surface area contributed by atoms with E-state index < -0.39 is 5.41 Å². The van der Waals surface area contributed by atoms with Crippen LogP contribution in [0.4, 0.5) is 4.39 Å². The van der Waals surface area contributed by atoms with Crippen molar-refractivity contribution in [2.75, 3.05) is 26.7 Å². The Kier molecular flexibility index (Phi) is 4.46. The van der Waals surface area contributed by atoms with Gasteiger partial charge in [0.05, 0.1) is 5.41 Å². The second-order valence-electron chi connectivity index (χ2n) is 7.68. The zero-order valence-electron chi connectivity index (χ0n) is 15.5. The highest BCUT2D eigenvalue weighted by molar-refractivity contribution is 5.96. The van der Waals surface area contributed by atoms with Gasteiger partial charge in [0.25, 0.3) is 5.91 Å². The molecular weight excluding hydrogens is 343 g/mol. The van der Waals surface area contributed by atoms with Gasteiger partial charge in [-0.15, -0.1) is 0 Å². The van der Waals surface area contributed by atoms with Gasteiger partial charge in [-0.25, -0.2) is 4.39 Å². The summed E-state index contributed by atoms with van der Waals surface area (Å²) in [5.41, 5.74) is 1.71. The molecule has 2 saturated heterocycles. The second kappa shape index (κ2) is 6.80. The highest BCUT2D eigenvalue weighted by Crippen LogP contribution is 2.40. The van der Waals surface area contributed by atoms with Crippen molar-refractivity contribution >= 4 is 11.8 Å². The van der Waals surface area contributed by atoms with Crippen LogP contribution >= 0.6 is 0 Å². The number of carbonyl (C=O) groups excluding carboxylic acids is 2. The normalized spacial score (nSPS) is 22.5. The fourth-order valence-electron chi connectivity index (χ4n) is 4.37. The van der Waals surface area contributed by atoms with Gasteiger partial charge in [0.1, 0.15) is 5.82 Å². The fraction of sp³-hybridized carbons (Fsp3) is 0.364. The monoisotopic (exact) mass is 366 g/mol. The second-order valence-corrected chi connectivity index (χ2v) is 7.68. The number of likely N-dealkylation sites (tertiary alicyclic amines) is 2. The molecule has 2 heterocycles. The maximum Gasteiger partial charge on any atom is 0.253 e. The van der Waals surface area contributed by atoms with Crippen LogP contribution < -0.4 is 0 Å². The highest BCUT2D eigenvalue weighted by atomic mass is 19.1. The first kappa shape index (κ1) is 17.7. The molecule has 2 aliphatic heterocycles. The lowest BCUT2D eigenvalue weighted by Crippen LogP contribution is -2.48. The van der Waals surface area contributed by atoms with Gasteiger partial charge < -0.3 is 9.80 Å². The molecule has 2 aromatic rings. The molecule has 2 fully saturated rings. The minimum Gasteiger partial charge on any atom is -0.345 e. The van der Waals surface area contributed by atoms with Gasteiger partial charge in [0.15, 0.2) is 0 Å². The molecule has 0 bridgehead atoms. The maximum absolute atomic E-state index is 13.5. The Hall–Kier alpha value is -2.69. The third-order valence-electron chi connectivity index (χ3n) is 5.86. The Balaban J connectivity index is 1.56. The Bertz CT molecular complexity index is 897. The molecule has 0 aromatic heterocycles. The van der Waals surface area contributed by atoms with Gasteiger partial charge in [-0.05, 0) is 54.7 Å². The summed E-state index contributed by atoms with van der Waals surface area (Å²) in [6.07, 6.45) is 2.56. The van der Waals surface area contributed by atoms with Crippen molar-refractivity contribution in [2.45, 2.75) is 19.3 Å². The van der Waals surface area contributed by atoms with Crippen molar-refractivity contribution in [3.8, 4) is 11.1 Å². The van der Waals surface area contributed by atoms with Crippen LogP contribution in [0.1, 0.15) is 29.6 Å². The predicted molar refractivity (Wildman–Crippen MR) is 102 cm³/mol. The van der Waals surface area contributed by atoms with E-state index in [1.54, 1.807) is 28.0 Å². The SMILES string of the molecule is CN1CCC[C@]2(CCN(C(=O)c3cccc(-c4cccc(F)c4)c3)C2)C1=O. The first-order valence-electron chi connectivity index (χ1n) is 9.39. The smallest absolute Gasteiger partial charge is 0.253 e. The molecule has 0 unspecified atom stereocenters. The lowest BCUT2D eigenvalue weighted by molar-refractivity contribution is -0.143. The van der Waals surface area contributed by atoms with Crippen LogP contribution in [0.3, 0.4) is 0 Å². The number of hydrogen-bond donors (Lipinski definition) is 0. The van der Waals surface area contributed by atoms with E-state index in [9.17, 15) is 14.0 Å². The number of carbonyl (C=O) groups is 2. The summed E-state index contributed by atoms with van der Waals surface area (Å²) >= 11 is 0. The molecule has 4 rings (SSSR count). The maximum atomic E-state index is 13.5. The van der Waals surface area contributed by atoms with Crippen molar-refractivity contribution in [2.24, 2.45) is 5.41 Å². The van der Waals surface area contributed by atoms with E-state index in [2.05, 4.69) is 0 Å². The van der Waals surface area contributed by atoms with E-state index in [0.717, 1.165) is 36.9 Å². The quantitative estimate of drug-likeness (QED) is 0.815. The summed E-state index contributed by atoms with van der Waals surface area (Å²) in [6, 6.07) is 13.6. The minimum atomic E-state index is -0.414. The van der Waals surface area contributed by atoms with Crippen LogP contribution in [-0.4, -0.2) is 48.3 Å². The van der Waals surface area contributed by atoms with Gasteiger partial charge in [0.2, 0.25) is 5.91 Å².